The summed E-state index contributed by atoms with van der Waals surface area (Å²) in [5, 5.41) is 21.5. The van der Waals surface area contributed by atoms with Gasteiger partial charge in [-0.3, -0.25) is 0 Å². The first-order chi connectivity index (χ1) is 66.7. The Morgan fingerprint density at radius 3 is 1.01 bits per heavy atom. The van der Waals surface area contributed by atoms with Gasteiger partial charge in [0.25, 0.3) is 0 Å². The molecule has 22 nitrogen and oxygen atoms in total. The van der Waals surface area contributed by atoms with Gasteiger partial charge in [-0.05, 0) is 194 Å². The molecule has 0 radical (unpaired) electrons. The first kappa shape index (κ1) is 118. The summed E-state index contributed by atoms with van der Waals surface area (Å²) in [6.45, 7) is 17.0. The molecule has 2 heterocycles. The van der Waals surface area contributed by atoms with Crippen LogP contribution in [0.1, 0.15) is 175 Å². The standard InChI is InChI=1S/C52H72O10.C51H71NO11.2F6P/c1-42-38-44(39-51(54-2)52(42)61-29-12-8-5-9-26-53)15-13-14-43-16-19-46(20-17-43)47-21-23-48(24-22-47)62-41-45-18-25-49-50(40-45)60-37-35-58-33-31-56-28-11-7-4-3-6-10-27-55-30-32-57-34-36-59-49;1-54-49-36-43(37-50(55-2)51(49)62-26-12-8-5-9-23-53)39-52-38-41-13-16-44(17-14-41)45-18-20-46(21-19-45)63-40-42-15-22-47-48(35-42)61-34-32-59-30-28-57-25-11-7-4-3-6-10-24-56-27-29-58-31-33-60-47;2*1-7(2,3,4,5)6/h16-17,19-24,38-39,50,53H,3-15,26-37,40-41H2,1-2H3;13-14,16-21,36-37,48,52-53H,3-12,23-35,38-40H2,1-2H3;;/q;;2*-1. The molecule has 139 heavy (non-hydrogen) atoms. The van der Waals surface area contributed by atoms with Crippen LogP contribution in [0.2, 0.25) is 0 Å². The van der Waals surface area contributed by atoms with Crippen LogP contribution in [0.25, 0.3) is 22.3 Å². The van der Waals surface area contributed by atoms with Gasteiger partial charge in [0.2, 0.25) is 5.75 Å². The second-order valence-electron chi connectivity index (χ2n) is 33.5. The van der Waals surface area contributed by atoms with E-state index in [4.69, 9.17) is 100 Å². The molecular weight excluding hydrogens is 1880 g/mol. The number of rotatable bonds is 33. The van der Waals surface area contributed by atoms with Gasteiger partial charge in [-0.1, -0.05) is 155 Å². The van der Waals surface area contributed by atoms with Crippen molar-refractivity contribution in [2.75, 3.05) is 193 Å². The number of hydrogen-bond donors (Lipinski definition) is 3. The van der Waals surface area contributed by atoms with Gasteiger partial charge in [0, 0.05) is 76.7 Å². The summed E-state index contributed by atoms with van der Waals surface area (Å²) in [5.41, 5.74) is 25.2. The minimum atomic E-state index is -10.7. The number of ether oxygens (including phenoxy) is 19. The second-order valence-corrected chi connectivity index (χ2v) is 37.4. The SMILES string of the molecule is COc1cc(CCCc2ccc(-c3ccc(OCC4=C=C=C5OCCOCCOCCCCCCCCOCCOCCOC5C4)cc3)cc2)cc(C)c1OCCCCCCO.COc1cc(CNCc2ccc(-c3ccc(OCC4=C=C=C5OCCOCCOCCCCCCCCOCCOCCOC5C4)cc3)cc2)cc(OC)c1OCCCCCCO.F[P-](F)(F)(F)(F)F.F[P-](F)(F)(F)(F)F. The van der Waals surface area contributed by atoms with E-state index in [1.54, 1.807) is 21.3 Å². The summed E-state index contributed by atoms with van der Waals surface area (Å²) in [4.78, 5) is 0. The third kappa shape index (κ3) is 57.5. The van der Waals surface area contributed by atoms with Gasteiger partial charge < -0.3 is 106 Å². The van der Waals surface area contributed by atoms with E-state index in [1.807, 2.05) is 36.4 Å². The topological polar surface area (TPSA) is 228 Å². The van der Waals surface area contributed by atoms with Crippen molar-refractivity contribution in [2.24, 2.45) is 0 Å². The Morgan fingerprint density at radius 2 is 0.633 bits per heavy atom. The van der Waals surface area contributed by atoms with E-state index in [-0.39, 0.29) is 25.4 Å². The summed E-state index contributed by atoms with van der Waals surface area (Å²) < 4.78 is 231. The number of halogens is 12. The van der Waals surface area contributed by atoms with Crippen LogP contribution in [0.5, 0.6) is 40.2 Å². The number of unbranched alkanes of at least 4 members (excludes halogenated alkanes) is 6. The van der Waals surface area contributed by atoms with Crippen molar-refractivity contribution in [3.63, 3.8) is 0 Å². The van der Waals surface area contributed by atoms with Crippen molar-refractivity contribution in [1.82, 2.24) is 5.32 Å². The summed E-state index contributed by atoms with van der Waals surface area (Å²) in [7, 11) is -16.3. The molecule has 782 valence electrons. The molecule has 2 aliphatic carbocycles. The van der Waals surface area contributed by atoms with Crippen molar-refractivity contribution in [1.29, 1.82) is 0 Å². The number of benzene rings is 6. The Hall–Kier alpha value is -8.38. The number of aliphatic hydroxyl groups excluding tert-OH is 2. The van der Waals surface area contributed by atoms with Gasteiger partial charge in [-0.25, -0.2) is 0 Å². The molecule has 0 amide bonds. The zero-order valence-corrected chi connectivity index (χ0v) is 82.5. The molecule has 2 fully saturated rings. The molecule has 0 saturated carbocycles. The van der Waals surface area contributed by atoms with Gasteiger partial charge >= 0.3 is 66.0 Å². The third-order valence-electron chi connectivity index (χ3n) is 21.7. The molecule has 3 N–H and O–H groups in total. The average molecular weight is 2020 g/mol. The van der Waals surface area contributed by atoms with E-state index in [0.29, 0.717) is 187 Å². The Kier molecular flexibility index (Phi) is 53.2. The van der Waals surface area contributed by atoms with E-state index in [0.717, 1.165) is 185 Å². The fourth-order valence-corrected chi connectivity index (χ4v) is 14.7. The summed E-state index contributed by atoms with van der Waals surface area (Å²) >= 11 is 0. The molecule has 6 aromatic carbocycles. The Balaban J connectivity index is 0.000000332. The van der Waals surface area contributed by atoms with Gasteiger partial charge in [0.1, 0.15) is 50.1 Å². The van der Waals surface area contributed by atoms with E-state index >= 15 is 0 Å². The summed E-state index contributed by atoms with van der Waals surface area (Å²) in [6, 6.07) is 42.1. The Morgan fingerprint density at radius 1 is 0.324 bits per heavy atom. The molecule has 2 unspecified atom stereocenters. The first-order valence-corrected chi connectivity index (χ1v) is 52.2. The van der Waals surface area contributed by atoms with E-state index in [9.17, 15) is 50.4 Å². The summed E-state index contributed by atoms with van der Waals surface area (Å²) in [5.74, 6) is 6.33. The summed E-state index contributed by atoms with van der Waals surface area (Å²) in [6.07, 6.45) is 25.2. The predicted molar refractivity (Wildman–Crippen MR) is 515 cm³/mol. The molecule has 4 aliphatic rings. The number of fused-ring (bicyclic) bond motifs is 2. The van der Waals surface area contributed by atoms with Crippen LogP contribution in [0.4, 0.5) is 50.4 Å². The number of methoxy groups -OCH3 is 3. The molecule has 0 aromatic heterocycles. The zero-order chi connectivity index (χ0) is 100. The molecule has 2 saturated heterocycles. The van der Waals surface area contributed by atoms with E-state index in [1.165, 1.54) is 73.6 Å². The molecule has 0 spiro atoms. The Labute approximate surface area is 810 Å². The molecule has 36 heteroatoms. The van der Waals surface area contributed by atoms with Crippen molar-refractivity contribution in [2.45, 2.75) is 193 Å². The monoisotopic (exact) mass is 2020 g/mol. The van der Waals surface area contributed by atoms with Crippen LogP contribution in [0.3, 0.4) is 0 Å². The van der Waals surface area contributed by atoms with Crippen LogP contribution < -0.4 is 38.5 Å². The van der Waals surface area contributed by atoms with Crippen LogP contribution in [0.15, 0.2) is 167 Å². The first-order valence-electron chi connectivity index (χ1n) is 48.1. The van der Waals surface area contributed by atoms with Gasteiger partial charge in [0.15, 0.2) is 34.5 Å². The number of aryl methyl sites for hydroxylation is 3. The van der Waals surface area contributed by atoms with Crippen LogP contribution in [0, 0.1) is 6.92 Å². The van der Waals surface area contributed by atoms with Crippen molar-refractivity contribution >= 4 is 15.6 Å². The molecular formula is C103H143F12NO21P2-2. The molecule has 10 rings (SSSR count). The van der Waals surface area contributed by atoms with Crippen LogP contribution in [-0.2, 0) is 82.8 Å². The fourth-order valence-electron chi connectivity index (χ4n) is 14.7. The van der Waals surface area contributed by atoms with Crippen LogP contribution >= 0.6 is 15.6 Å². The van der Waals surface area contributed by atoms with Gasteiger partial charge in [-0.15, -0.1) is 0 Å². The second kappa shape index (κ2) is 62.9. The quantitative estimate of drug-likeness (QED) is 0.0151. The molecule has 0 bridgehead atoms. The van der Waals surface area contributed by atoms with Crippen molar-refractivity contribution in [3.05, 3.63) is 195 Å². The zero-order valence-electron chi connectivity index (χ0n) is 80.8. The van der Waals surface area contributed by atoms with Crippen molar-refractivity contribution in [3.8, 4) is 62.5 Å². The van der Waals surface area contributed by atoms with Gasteiger partial charge in [0.05, 0.1) is 127 Å². The predicted octanol–water partition coefficient (Wildman–Crippen LogP) is 25.5. The van der Waals surface area contributed by atoms with Crippen LogP contribution in [-0.4, -0.2) is 216 Å². The normalized spacial score (nSPS) is 18.5. The van der Waals surface area contributed by atoms with E-state index < -0.39 is 15.6 Å². The van der Waals surface area contributed by atoms with Gasteiger partial charge in [-0.2, -0.15) is 0 Å². The maximum atomic E-state index is 9.87. The van der Waals surface area contributed by atoms with Crippen molar-refractivity contribution < 1.29 is 151 Å². The van der Waals surface area contributed by atoms with E-state index in [2.05, 4.69) is 120 Å². The average Bonchev–Trinajstić information content (AvgIpc) is 0.785. The fraction of sp³-hybridized carbons (Fsp3) is 0.573. The molecule has 2 aliphatic heterocycles. The molecule has 2 atom stereocenters. The maximum absolute atomic E-state index is 10.7. The number of hydrogen-bond acceptors (Lipinski definition) is 22. The minimum absolute atomic E-state index is 0.229. The molecule has 6 aromatic rings. The number of aliphatic hydroxyl groups is 2. The number of nitrogens with one attached hydrogen (secondary N) is 1. The Bertz CT molecular complexity index is 4580. The third-order valence-corrected chi connectivity index (χ3v) is 21.7.